The molecule has 7 heteroatoms. The van der Waals surface area contributed by atoms with Gasteiger partial charge in [0.2, 0.25) is 0 Å². The summed E-state index contributed by atoms with van der Waals surface area (Å²) in [5.74, 6) is 0.468. The molecular weight excluding hydrogens is 268 g/mol. The van der Waals surface area contributed by atoms with Crippen molar-refractivity contribution in [3.05, 3.63) is 51.2 Å². The van der Waals surface area contributed by atoms with Crippen LogP contribution in [0.5, 0.6) is 0 Å². The molecule has 0 saturated heterocycles. The number of nitro groups is 1. The van der Waals surface area contributed by atoms with E-state index in [1.807, 2.05) is 0 Å². The fourth-order valence-electron chi connectivity index (χ4n) is 1.58. The number of hydrogen-bond donors (Lipinski definition) is 2. The van der Waals surface area contributed by atoms with E-state index in [1.54, 1.807) is 31.2 Å². The summed E-state index contributed by atoms with van der Waals surface area (Å²) in [6, 6.07) is 6.60. The van der Waals surface area contributed by atoms with Gasteiger partial charge in [0.1, 0.15) is 12.0 Å². The zero-order valence-corrected chi connectivity index (χ0v) is 10.8. The van der Waals surface area contributed by atoms with Crippen LogP contribution in [0.25, 0.3) is 0 Å². The van der Waals surface area contributed by atoms with E-state index in [0.29, 0.717) is 27.8 Å². The average molecular weight is 279 g/mol. The molecule has 0 bridgehead atoms. The van der Waals surface area contributed by atoms with Gasteiger partial charge in [0.25, 0.3) is 5.69 Å². The van der Waals surface area contributed by atoms with Gasteiger partial charge in [-0.2, -0.15) is 0 Å². The molecule has 1 heterocycles. The van der Waals surface area contributed by atoms with Gasteiger partial charge in [0.15, 0.2) is 0 Å². The second-order valence-electron chi connectivity index (χ2n) is 3.98. The minimum atomic E-state index is -0.473. The summed E-state index contributed by atoms with van der Waals surface area (Å²) in [4.78, 5) is 14.2. The highest BCUT2D eigenvalue weighted by Gasteiger charge is 2.12. The third kappa shape index (κ3) is 2.92. The molecule has 2 aromatic rings. The first-order chi connectivity index (χ1) is 8.97. The third-order valence-electron chi connectivity index (χ3n) is 2.53. The van der Waals surface area contributed by atoms with Gasteiger partial charge >= 0.3 is 0 Å². The molecule has 6 nitrogen and oxygen atoms in total. The van der Waals surface area contributed by atoms with Crippen LogP contribution >= 0.6 is 11.6 Å². The summed E-state index contributed by atoms with van der Waals surface area (Å²) < 4.78 is 0. The number of anilines is 3. The average Bonchev–Trinajstić information content (AvgIpc) is 2.33. The summed E-state index contributed by atoms with van der Waals surface area (Å²) in [5.41, 5.74) is 7.32. The maximum Gasteiger partial charge on any atom is 0.290 e. The van der Waals surface area contributed by atoms with Gasteiger partial charge in [-0.05, 0) is 31.2 Å². The van der Waals surface area contributed by atoms with Crippen molar-refractivity contribution in [1.82, 2.24) is 4.98 Å². The van der Waals surface area contributed by atoms with Crippen molar-refractivity contribution in [2.24, 2.45) is 0 Å². The summed E-state index contributed by atoms with van der Waals surface area (Å²) in [5, 5.41) is 14.2. The lowest BCUT2D eigenvalue weighted by atomic mass is 10.2. The van der Waals surface area contributed by atoms with Crippen molar-refractivity contribution in [2.75, 3.05) is 11.1 Å². The van der Waals surface area contributed by atoms with Crippen LogP contribution in [-0.2, 0) is 0 Å². The molecule has 98 valence electrons. The summed E-state index contributed by atoms with van der Waals surface area (Å²) >= 11 is 6.01. The SMILES string of the molecule is Cc1cc(Nc2cc(N)ccc2Cl)ncc1[N+](=O)[O-]. The van der Waals surface area contributed by atoms with E-state index >= 15 is 0 Å². The molecule has 3 N–H and O–H groups in total. The first-order valence-corrected chi connectivity index (χ1v) is 5.78. The predicted molar refractivity (Wildman–Crippen MR) is 74.8 cm³/mol. The molecule has 0 atom stereocenters. The van der Waals surface area contributed by atoms with E-state index in [1.165, 1.54) is 6.20 Å². The second kappa shape index (κ2) is 5.11. The molecule has 0 amide bonds. The molecule has 2 rings (SSSR count). The predicted octanol–water partition coefficient (Wildman–Crippen LogP) is 3.28. The number of benzene rings is 1. The Morgan fingerprint density at radius 3 is 2.79 bits per heavy atom. The van der Waals surface area contributed by atoms with Crippen molar-refractivity contribution >= 4 is 34.5 Å². The molecule has 1 aromatic heterocycles. The Hall–Kier alpha value is -2.34. The van der Waals surface area contributed by atoms with Crippen LogP contribution in [0.4, 0.5) is 22.9 Å². The number of halogens is 1. The Bertz CT molecular complexity index is 646. The van der Waals surface area contributed by atoms with E-state index in [9.17, 15) is 10.1 Å². The zero-order chi connectivity index (χ0) is 14.0. The Labute approximate surface area is 114 Å². The second-order valence-corrected chi connectivity index (χ2v) is 4.38. The Morgan fingerprint density at radius 1 is 1.42 bits per heavy atom. The van der Waals surface area contributed by atoms with Crippen molar-refractivity contribution in [1.29, 1.82) is 0 Å². The lowest BCUT2D eigenvalue weighted by Gasteiger charge is -2.09. The van der Waals surface area contributed by atoms with Crippen LogP contribution in [0.3, 0.4) is 0 Å². The van der Waals surface area contributed by atoms with Crippen LogP contribution in [-0.4, -0.2) is 9.91 Å². The molecule has 1 aromatic carbocycles. The summed E-state index contributed by atoms with van der Waals surface area (Å²) in [7, 11) is 0. The first-order valence-electron chi connectivity index (χ1n) is 5.40. The molecule has 0 aliphatic rings. The number of pyridine rings is 1. The molecule has 0 saturated carbocycles. The van der Waals surface area contributed by atoms with Gasteiger partial charge in [-0.25, -0.2) is 4.98 Å². The maximum absolute atomic E-state index is 10.7. The molecule has 0 unspecified atom stereocenters. The van der Waals surface area contributed by atoms with E-state index in [2.05, 4.69) is 10.3 Å². The summed E-state index contributed by atoms with van der Waals surface area (Å²) in [6.45, 7) is 1.64. The number of nitrogens with one attached hydrogen (secondary N) is 1. The van der Waals surface area contributed by atoms with Gasteiger partial charge in [0, 0.05) is 11.3 Å². The largest absolute Gasteiger partial charge is 0.399 e. The quantitative estimate of drug-likeness (QED) is 0.510. The van der Waals surface area contributed by atoms with E-state index in [0.717, 1.165) is 0 Å². The maximum atomic E-state index is 10.7. The van der Waals surface area contributed by atoms with E-state index in [4.69, 9.17) is 17.3 Å². The minimum absolute atomic E-state index is 0.0239. The monoisotopic (exact) mass is 278 g/mol. The van der Waals surface area contributed by atoms with Crippen molar-refractivity contribution in [3.63, 3.8) is 0 Å². The first kappa shape index (κ1) is 13.1. The normalized spacial score (nSPS) is 10.2. The number of rotatable bonds is 3. The fraction of sp³-hybridized carbons (Fsp3) is 0.0833. The third-order valence-corrected chi connectivity index (χ3v) is 2.86. The lowest BCUT2D eigenvalue weighted by molar-refractivity contribution is -0.385. The molecule has 19 heavy (non-hydrogen) atoms. The minimum Gasteiger partial charge on any atom is -0.399 e. The van der Waals surface area contributed by atoms with Crippen molar-refractivity contribution in [2.45, 2.75) is 6.92 Å². The number of nitrogens with two attached hydrogens (primary N) is 1. The topological polar surface area (TPSA) is 94.1 Å². The van der Waals surface area contributed by atoms with Crippen LogP contribution in [0.2, 0.25) is 5.02 Å². The molecule has 0 fully saturated rings. The zero-order valence-electron chi connectivity index (χ0n) is 10.1. The van der Waals surface area contributed by atoms with E-state index in [-0.39, 0.29) is 5.69 Å². The molecular formula is C12H11ClN4O2. The summed E-state index contributed by atoms with van der Waals surface area (Å²) in [6.07, 6.45) is 1.21. The van der Waals surface area contributed by atoms with Gasteiger partial charge in [-0.1, -0.05) is 11.6 Å². The highest BCUT2D eigenvalue weighted by atomic mass is 35.5. The molecule has 0 spiro atoms. The standard InChI is InChI=1S/C12H11ClN4O2/c1-7-4-12(15-6-11(7)17(18)19)16-10-5-8(14)2-3-9(10)13/h2-6H,14H2,1H3,(H,15,16). The van der Waals surface area contributed by atoms with Crippen LogP contribution in [0, 0.1) is 17.0 Å². The van der Waals surface area contributed by atoms with E-state index < -0.39 is 4.92 Å². The van der Waals surface area contributed by atoms with Gasteiger partial charge in [-0.3, -0.25) is 10.1 Å². The fourth-order valence-corrected chi connectivity index (χ4v) is 1.75. The lowest BCUT2D eigenvalue weighted by Crippen LogP contribution is -1.99. The van der Waals surface area contributed by atoms with Crippen LogP contribution in [0.15, 0.2) is 30.5 Å². The molecule has 0 aliphatic heterocycles. The van der Waals surface area contributed by atoms with Crippen molar-refractivity contribution in [3.8, 4) is 0 Å². The molecule has 0 radical (unpaired) electrons. The van der Waals surface area contributed by atoms with Crippen LogP contribution in [0.1, 0.15) is 5.56 Å². The number of hydrogen-bond acceptors (Lipinski definition) is 5. The molecule has 0 aliphatic carbocycles. The number of nitrogen functional groups attached to an aromatic ring is 1. The van der Waals surface area contributed by atoms with Crippen LogP contribution < -0.4 is 11.1 Å². The number of nitrogens with zero attached hydrogens (tertiary/aromatic N) is 2. The van der Waals surface area contributed by atoms with Gasteiger partial charge in [0.05, 0.1) is 15.6 Å². The number of aromatic nitrogens is 1. The highest BCUT2D eigenvalue weighted by molar-refractivity contribution is 6.33. The van der Waals surface area contributed by atoms with Crippen molar-refractivity contribution < 1.29 is 4.92 Å². The Kier molecular flexibility index (Phi) is 3.52. The van der Waals surface area contributed by atoms with Gasteiger partial charge in [-0.15, -0.1) is 0 Å². The number of aryl methyl sites for hydroxylation is 1. The smallest absolute Gasteiger partial charge is 0.290 e. The van der Waals surface area contributed by atoms with Gasteiger partial charge < -0.3 is 11.1 Å². The highest BCUT2D eigenvalue weighted by Crippen LogP contribution is 2.28. The Morgan fingerprint density at radius 2 is 2.16 bits per heavy atom. The Balaban J connectivity index is 2.31.